The van der Waals surface area contributed by atoms with Crippen LogP contribution in [0, 0.1) is 24.7 Å². The Morgan fingerprint density at radius 2 is 1.83 bits per heavy atom. The van der Waals surface area contributed by atoms with Gasteiger partial charge in [0.25, 0.3) is 0 Å². The zero-order chi connectivity index (χ0) is 16.1. The van der Waals surface area contributed by atoms with E-state index in [0.29, 0.717) is 35.3 Å². The number of rotatable bonds is 2. The number of hydrogen-bond acceptors (Lipinski definition) is 3. The third-order valence-corrected chi connectivity index (χ3v) is 6.88. The van der Waals surface area contributed by atoms with Crippen LogP contribution >= 0.6 is 0 Å². The van der Waals surface area contributed by atoms with Crippen LogP contribution in [0.1, 0.15) is 60.6 Å². The maximum absolute atomic E-state index is 10.3. The third-order valence-electron chi connectivity index (χ3n) is 6.88. The summed E-state index contributed by atoms with van der Waals surface area (Å²) in [6.45, 7) is 2.72. The summed E-state index contributed by atoms with van der Waals surface area (Å²) >= 11 is 0. The SMILES string of the molecule is COC[C@@H]1C[C@@H]2[C@H](CCC3C(O)CC[C@H]32)c2cc(C)c(O)cc21. The van der Waals surface area contributed by atoms with Gasteiger partial charge in [0.15, 0.2) is 0 Å². The van der Waals surface area contributed by atoms with Gasteiger partial charge in [-0.2, -0.15) is 0 Å². The maximum atomic E-state index is 10.3. The van der Waals surface area contributed by atoms with E-state index in [1.54, 1.807) is 7.11 Å². The summed E-state index contributed by atoms with van der Waals surface area (Å²) in [5, 5.41) is 20.5. The molecule has 0 bridgehead atoms. The van der Waals surface area contributed by atoms with Crippen molar-refractivity contribution in [3.63, 3.8) is 0 Å². The van der Waals surface area contributed by atoms with Gasteiger partial charge in [-0.05, 0) is 85.5 Å². The molecule has 2 unspecified atom stereocenters. The van der Waals surface area contributed by atoms with E-state index >= 15 is 0 Å². The van der Waals surface area contributed by atoms with Crippen LogP contribution in [-0.2, 0) is 4.74 Å². The van der Waals surface area contributed by atoms with Gasteiger partial charge in [0.05, 0.1) is 12.7 Å². The number of phenols is 1. The second-order valence-corrected chi connectivity index (χ2v) is 7.98. The molecule has 1 aromatic carbocycles. The first kappa shape index (κ1) is 15.5. The fourth-order valence-electron chi connectivity index (χ4n) is 5.85. The zero-order valence-electron chi connectivity index (χ0n) is 14.2. The fraction of sp³-hybridized carbons (Fsp3) is 0.700. The van der Waals surface area contributed by atoms with Crippen LogP contribution in [0.4, 0.5) is 0 Å². The lowest BCUT2D eigenvalue weighted by atomic mass is 9.58. The Labute approximate surface area is 138 Å². The van der Waals surface area contributed by atoms with Crippen molar-refractivity contribution in [2.75, 3.05) is 13.7 Å². The monoisotopic (exact) mass is 316 g/mol. The van der Waals surface area contributed by atoms with Crippen molar-refractivity contribution in [1.82, 2.24) is 0 Å². The Kier molecular flexibility index (Phi) is 3.89. The fourth-order valence-corrected chi connectivity index (χ4v) is 5.85. The molecule has 6 atom stereocenters. The van der Waals surface area contributed by atoms with Crippen molar-refractivity contribution in [1.29, 1.82) is 0 Å². The van der Waals surface area contributed by atoms with Gasteiger partial charge in [0, 0.05) is 13.0 Å². The first-order valence-electron chi connectivity index (χ1n) is 9.10. The minimum Gasteiger partial charge on any atom is -0.508 e. The van der Waals surface area contributed by atoms with E-state index in [9.17, 15) is 10.2 Å². The Morgan fingerprint density at radius 3 is 2.61 bits per heavy atom. The van der Waals surface area contributed by atoms with Gasteiger partial charge < -0.3 is 14.9 Å². The number of aryl methyl sites for hydroxylation is 1. The highest BCUT2D eigenvalue weighted by atomic mass is 16.5. The molecule has 0 saturated heterocycles. The molecule has 0 aromatic heterocycles. The van der Waals surface area contributed by atoms with Crippen LogP contribution in [0.15, 0.2) is 12.1 Å². The number of aliphatic hydroxyl groups excluding tert-OH is 1. The molecule has 4 rings (SSSR count). The number of aromatic hydroxyl groups is 1. The molecular formula is C20H28O3. The highest BCUT2D eigenvalue weighted by Crippen LogP contribution is 2.57. The maximum Gasteiger partial charge on any atom is 0.118 e. The molecule has 0 amide bonds. The predicted octanol–water partition coefficient (Wildman–Crippen LogP) is 3.72. The standard InChI is InChI=1S/C20H28O3/c1-11-7-17-14-3-4-15-13(5-6-19(15)21)18(14)8-12(10-23-2)16(17)9-20(11)22/h7,9,12-15,18-19,21-22H,3-6,8,10H2,1-2H3/t12-,13+,14+,15?,18-,19?/m0/s1. The molecule has 2 saturated carbocycles. The minimum absolute atomic E-state index is 0.0789. The molecular weight excluding hydrogens is 288 g/mol. The first-order valence-corrected chi connectivity index (χ1v) is 9.10. The van der Waals surface area contributed by atoms with E-state index in [0.717, 1.165) is 31.4 Å². The van der Waals surface area contributed by atoms with Crippen LogP contribution < -0.4 is 0 Å². The number of fused-ring (bicyclic) bond motifs is 5. The molecule has 1 aromatic rings. The summed E-state index contributed by atoms with van der Waals surface area (Å²) in [7, 11) is 1.77. The topological polar surface area (TPSA) is 49.7 Å². The van der Waals surface area contributed by atoms with E-state index in [4.69, 9.17) is 4.74 Å². The molecule has 3 aliphatic rings. The van der Waals surface area contributed by atoms with Gasteiger partial charge in [-0.1, -0.05) is 6.07 Å². The Balaban J connectivity index is 1.75. The molecule has 0 aliphatic heterocycles. The second-order valence-electron chi connectivity index (χ2n) is 7.98. The van der Waals surface area contributed by atoms with E-state index in [-0.39, 0.29) is 6.10 Å². The van der Waals surface area contributed by atoms with Crippen LogP contribution in [0.25, 0.3) is 0 Å². The lowest BCUT2D eigenvalue weighted by Crippen LogP contribution is -2.38. The van der Waals surface area contributed by atoms with Gasteiger partial charge in [0.2, 0.25) is 0 Å². The van der Waals surface area contributed by atoms with Gasteiger partial charge in [-0.15, -0.1) is 0 Å². The minimum atomic E-state index is -0.0789. The van der Waals surface area contributed by atoms with Crippen LogP contribution in [0.2, 0.25) is 0 Å². The first-order chi connectivity index (χ1) is 11.1. The van der Waals surface area contributed by atoms with Crippen LogP contribution in [0.3, 0.4) is 0 Å². The molecule has 126 valence electrons. The van der Waals surface area contributed by atoms with Crippen molar-refractivity contribution in [2.45, 2.75) is 57.0 Å². The molecule has 3 nitrogen and oxygen atoms in total. The van der Waals surface area contributed by atoms with Gasteiger partial charge >= 0.3 is 0 Å². The van der Waals surface area contributed by atoms with Crippen molar-refractivity contribution >= 4 is 0 Å². The molecule has 23 heavy (non-hydrogen) atoms. The lowest BCUT2D eigenvalue weighted by Gasteiger charge is -2.47. The van der Waals surface area contributed by atoms with E-state index in [1.807, 2.05) is 13.0 Å². The van der Waals surface area contributed by atoms with Crippen molar-refractivity contribution < 1.29 is 14.9 Å². The Morgan fingerprint density at radius 1 is 1.04 bits per heavy atom. The number of phenolic OH excluding ortho intramolecular Hbond substituents is 1. The average molecular weight is 316 g/mol. The largest absolute Gasteiger partial charge is 0.508 e. The molecule has 2 N–H and O–H groups in total. The predicted molar refractivity (Wildman–Crippen MR) is 89.8 cm³/mol. The number of benzene rings is 1. The Bertz CT molecular complexity index is 597. The van der Waals surface area contributed by atoms with E-state index in [2.05, 4.69) is 6.07 Å². The molecule has 0 heterocycles. The van der Waals surface area contributed by atoms with Crippen LogP contribution in [-0.4, -0.2) is 30.0 Å². The molecule has 2 fully saturated rings. The van der Waals surface area contributed by atoms with Gasteiger partial charge in [-0.25, -0.2) is 0 Å². The molecule has 3 heteroatoms. The molecule has 0 spiro atoms. The third kappa shape index (κ3) is 2.40. The average Bonchev–Trinajstić information content (AvgIpc) is 2.91. The lowest BCUT2D eigenvalue weighted by molar-refractivity contribution is 0.0465. The summed E-state index contributed by atoms with van der Waals surface area (Å²) in [5.74, 6) is 3.24. The van der Waals surface area contributed by atoms with Crippen LogP contribution in [0.5, 0.6) is 5.75 Å². The smallest absolute Gasteiger partial charge is 0.118 e. The normalized spacial score (nSPS) is 38.7. The summed E-state index contributed by atoms with van der Waals surface area (Å²) in [4.78, 5) is 0. The second kappa shape index (κ2) is 5.78. The summed E-state index contributed by atoms with van der Waals surface area (Å²) in [6, 6.07) is 4.20. The number of aliphatic hydroxyl groups is 1. The van der Waals surface area contributed by atoms with Gasteiger partial charge in [0.1, 0.15) is 5.75 Å². The number of hydrogen-bond donors (Lipinski definition) is 2. The molecule has 0 radical (unpaired) electrons. The zero-order valence-corrected chi connectivity index (χ0v) is 14.2. The quantitative estimate of drug-likeness (QED) is 0.874. The summed E-state index contributed by atoms with van der Waals surface area (Å²) in [5.41, 5.74) is 3.72. The summed E-state index contributed by atoms with van der Waals surface area (Å²) in [6.07, 6.45) is 5.56. The Hall–Kier alpha value is -1.06. The van der Waals surface area contributed by atoms with Gasteiger partial charge in [-0.3, -0.25) is 0 Å². The number of methoxy groups -OCH3 is 1. The summed E-state index contributed by atoms with van der Waals surface area (Å²) < 4.78 is 5.49. The van der Waals surface area contributed by atoms with Crippen molar-refractivity contribution in [3.05, 3.63) is 28.8 Å². The highest BCUT2D eigenvalue weighted by Gasteiger charge is 2.49. The van der Waals surface area contributed by atoms with Crippen molar-refractivity contribution in [3.8, 4) is 5.75 Å². The van der Waals surface area contributed by atoms with E-state index in [1.165, 1.54) is 24.0 Å². The molecule has 3 aliphatic carbocycles. The van der Waals surface area contributed by atoms with Crippen molar-refractivity contribution in [2.24, 2.45) is 17.8 Å². The number of ether oxygens (including phenoxy) is 1. The van der Waals surface area contributed by atoms with E-state index < -0.39 is 0 Å². The highest BCUT2D eigenvalue weighted by molar-refractivity contribution is 5.46.